The van der Waals surface area contributed by atoms with Gasteiger partial charge in [0.25, 0.3) is 0 Å². The van der Waals surface area contributed by atoms with Gasteiger partial charge in [-0.1, -0.05) is 23.4 Å². The van der Waals surface area contributed by atoms with E-state index in [-0.39, 0.29) is 0 Å². The van der Waals surface area contributed by atoms with Gasteiger partial charge >= 0.3 is 0 Å². The van der Waals surface area contributed by atoms with Crippen molar-refractivity contribution in [3.63, 3.8) is 0 Å². The molecule has 0 amide bonds. The largest absolute Gasteiger partial charge is 0.298 e. The molecule has 86 valence electrons. The first-order valence-corrected chi connectivity index (χ1v) is 6.72. The first-order valence-electron chi connectivity index (χ1n) is 4.73. The van der Waals surface area contributed by atoms with Gasteiger partial charge in [-0.05, 0) is 46.3 Å². The zero-order chi connectivity index (χ0) is 12.3. The third-order valence-electron chi connectivity index (χ3n) is 2.02. The lowest BCUT2D eigenvalue weighted by molar-refractivity contribution is 0.112. The molecule has 1 aromatic heterocycles. The van der Waals surface area contributed by atoms with Gasteiger partial charge in [0.2, 0.25) is 0 Å². The Labute approximate surface area is 117 Å². The van der Waals surface area contributed by atoms with Gasteiger partial charge in [0.15, 0.2) is 6.29 Å². The Bertz CT molecular complexity index is 545. The summed E-state index contributed by atoms with van der Waals surface area (Å²) in [6.07, 6.45) is 2.48. The average Bonchev–Trinajstić information content (AvgIpc) is 2.32. The molecule has 17 heavy (non-hydrogen) atoms. The van der Waals surface area contributed by atoms with Crippen LogP contribution in [0.25, 0.3) is 0 Å². The Balaban J connectivity index is 2.21. The predicted octanol–water partition coefficient (Wildman–Crippen LogP) is 4.46. The minimum atomic E-state index is 0.460. The third kappa shape index (κ3) is 3.31. The van der Waals surface area contributed by atoms with Crippen LogP contribution in [-0.2, 0) is 0 Å². The van der Waals surface area contributed by atoms with Crippen LogP contribution in [-0.4, -0.2) is 11.3 Å². The second-order valence-electron chi connectivity index (χ2n) is 3.22. The Kier molecular flexibility index (Phi) is 4.20. The monoisotopic (exact) mass is 327 g/mol. The number of pyridine rings is 1. The van der Waals surface area contributed by atoms with Gasteiger partial charge in [0.05, 0.1) is 5.02 Å². The first kappa shape index (κ1) is 12.6. The molecular formula is C12H7BrClNOS. The summed E-state index contributed by atoms with van der Waals surface area (Å²) >= 11 is 10.8. The van der Waals surface area contributed by atoms with Crippen LogP contribution < -0.4 is 0 Å². The van der Waals surface area contributed by atoms with Gasteiger partial charge in [-0.15, -0.1) is 0 Å². The number of aldehydes is 1. The molecule has 0 aliphatic rings. The SMILES string of the molecule is O=Cc1ccc(Sc2ccc(Br)cn2)cc1Cl. The van der Waals surface area contributed by atoms with Crippen LogP contribution in [0.5, 0.6) is 0 Å². The van der Waals surface area contributed by atoms with Gasteiger partial charge in [0, 0.05) is 21.1 Å². The summed E-state index contributed by atoms with van der Waals surface area (Å²) in [6, 6.07) is 9.16. The zero-order valence-corrected chi connectivity index (χ0v) is 11.7. The van der Waals surface area contributed by atoms with Crippen LogP contribution in [0.3, 0.4) is 0 Å². The van der Waals surface area contributed by atoms with Crippen molar-refractivity contribution < 1.29 is 4.79 Å². The molecule has 0 saturated heterocycles. The van der Waals surface area contributed by atoms with Crippen LogP contribution in [0.1, 0.15) is 10.4 Å². The van der Waals surface area contributed by atoms with Crippen molar-refractivity contribution in [3.05, 3.63) is 51.6 Å². The van der Waals surface area contributed by atoms with Crippen molar-refractivity contribution in [3.8, 4) is 0 Å². The molecule has 0 saturated carbocycles. The minimum absolute atomic E-state index is 0.460. The van der Waals surface area contributed by atoms with E-state index in [9.17, 15) is 4.79 Å². The number of aromatic nitrogens is 1. The van der Waals surface area contributed by atoms with Crippen molar-refractivity contribution in [2.45, 2.75) is 9.92 Å². The second-order valence-corrected chi connectivity index (χ2v) is 5.63. The highest BCUT2D eigenvalue weighted by molar-refractivity contribution is 9.10. The summed E-state index contributed by atoms with van der Waals surface area (Å²) in [4.78, 5) is 15.8. The number of hydrogen-bond acceptors (Lipinski definition) is 3. The molecule has 0 unspecified atom stereocenters. The van der Waals surface area contributed by atoms with Crippen molar-refractivity contribution in [1.82, 2.24) is 4.98 Å². The van der Waals surface area contributed by atoms with E-state index in [1.54, 1.807) is 18.3 Å². The highest BCUT2D eigenvalue weighted by Gasteiger charge is 2.03. The molecule has 0 bridgehead atoms. The average molecular weight is 329 g/mol. The number of rotatable bonds is 3. The molecule has 5 heteroatoms. The van der Waals surface area contributed by atoms with E-state index in [0.717, 1.165) is 20.7 Å². The summed E-state index contributed by atoms with van der Waals surface area (Å²) < 4.78 is 0.941. The van der Waals surface area contributed by atoms with Gasteiger partial charge in [-0.3, -0.25) is 4.79 Å². The Hall–Kier alpha value is -0.840. The number of nitrogens with zero attached hydrogens (tertiary/aromatic N) is 1. The molecule has 0 aliphatic heterocycles. The van der Waals surface area contributed by atoms with E-state index in [0.29, 0.717) is 10.6 Å². The standard InChI is InChI=1S/C12H7BrClNOS/c13-9-2-4-12(15-6-9)17-10-3-1-8(7-16)11(14)5-10/h1-7H. The van der Waals surface area contributed by atoms with E-state index in [1.165, 1.54) is 11.8 Å². The summed E-state index contributed by atoms with van der Waals surface area (Å²) in [5, 5.41) is 1.34. The molecule has 2 nitrogen and oxygen atoms in total. The summed E-state index contributed by atoms with van der Waals surface area (Å²) in [5.41, 5.74) is 0.500. The lowest BCUT2D eigenvalue weighted by Crippen LogP contribution is -1.83. The van der Waals surface area contributed by atoms with Crippen molar-refractivity contribution in [2.24, 2.45) is 0 Å². The lowest BCUT2D eigenvalue weighted by atomic mass is 10.2. The molecule has 1 heterocycles. The maximum Gasteiger partial charge on any atom is 0.151 e. The zero-order valence-electron chi connectivity index (χ0n) is 8.56. The fraction of sp³-hybridized carbons (Fsp3) is 0. The molecular weight excluding hydrogens is 322 g/mol. The Morgan fingerprint density at radius 2 is 2.12 bits per heavy atom. The minimum Gasteiger partial charge on any atom is -0.298 e. The highest BCUT2D eigenvalue weighted by Crippen LogP contribution is 2.29. The fourth-order valence-electron chi connectivity index (χ4n) is 1.21. The normalized spacial score (nSPS) is 10.2. The molecule has 0 aliphatic carbocycles. The summed E-state index contributed by atoms with van der Waals surface area (Å²) in [6.45, 7) is 0. The second kappa shape index (κ2) is 5.67. The van der Waals surface area contributed by atoms with Gasteiger partial charge in [-0.2, -0.15) is 0 Å². The van der Waals surface area contributed by atoms with Crippen LogP contribution in [0.2, 0.25) is 5.02 Å². The van der Waals surface area contributed by atoms with Crippen LogP contribution in [0.4, 0.5) is 0 Å². The quantitative estimate of drug-likeness (QED) is 0.779. The van der Waals surface area contributed by atoms with E-state index >= 15 is 0 Å². The van der Waals surface area contributed by atoms with Gasteiger partial charge in [0.1, 0.15) is 5.03 Å². The topological polar surface area (TPSA) is 30.0 Å². The molecule has 2 aromatic rings. The number of benzene rings is 1. The smallest absolute Gasteiger partial charge is 0.151 e. The molecule has 0 atom stereocenters. The lowest BCUT2D eigenvalue weighted by Gasteiger charge is -2.02. The molecule has 0 N–H and O–H groups in total. The van der Waals surface area contributed by atoms with Crippen LogP contribution >= 0.6 is 39.3 Å². The van der Waals surface area contributed by atoms with E-state index < -0.39 is 0 Å². The van der Waals surface area contributed by atoms with Crippen LogP contribution in [0.15, 0.2) is 50.9 Å². The molecule has 0 fully saturated rings. The molecule has 1 aromatic carbocycles. The predicted molar refractivity (Wildman–Crippen MR) is 72.9 cm³/mol. The number of carbonyl (C=O) groups excluding carboxylic acids is 1. The molecule has 0 radical (unpaired) electrons. The van der Waals surface area contributed by atoms with E-state index in [4.69, 9.17) is 11.6 Å². The summed E-state index contributed by atoms with van der Waals surface area (Å²) in [5.74, 6) is 0. The fourth-order valence-corrected chi connectivity index (χ4v) is 2.53. The Morgan fingerprint density at radius 3 is 2.71 bits per heavy atom. The van der Waals surface area contributed by atoms with Crippen molar-refractivity contribution in [2.75, 3.05) is 0 Å². The maximum absolute atomic E-state index is 10.6. The van der Waals surface area contributed by atoms with Crippen molar-refractivity contribution >= 4 is 45.6 Å². The Morgan fingerprint density at radius 1 is 1.29 bits per heavy atom. The molecule has 2 rings (SSSR count). The number of hydrogen-bond donors (Lipinski definition) is 0. The van der Waals surface area contributed by atoms with E-state index in [2.05, 4.69) is 20.9 Å². The van der Waals surface area contributed by atoms with Gasteiger partial charge in [-0.25, -0.2) is 4.98 Å². The van der Waals surface area contributed by atoms with E-state index in [1.807, 2.05) is 18.2 Å². The summed E-state index contributed by atoms with van der Waals surface area (Å²) in [7, 11) is 0. The van der Waals surface area contributed by atoms with Crippen LogP contribution in [0, 0.1) is 0 Å². The first-order chi connectivity index (χ1) is 8.19. The number of carbonyl (C=O) groups is 1. The van der Waals surface area contributed by atoms with Gasteiger partial charge < -0.3 is 0 Å². The van der Waals surface area contributed by atoms with Crippen molar-refractivity contribution in [1.29, 1.82) is 0 Å². The molecule has 0 spiro atoms. The highest BCUT2D eigenvalue weighted by atomic mass is 79.9. The maximum atomic E-state index is 10.6. The number of halogens is 2. The third-order valence-corrected chi connectivity index (χ3v) is 3.76.